The fourth-order valence-corrected chi connectivity index (χ4v) is 2.03. The largest absolute Gasteiger partial charge is 0.379 e. The number of carbonyl (C=O) groups is 1. The normalized spacial score (nSPS) is 11.3. The van der Waals surface area contributed by atoms with Crippen LogP contribution in [-0.2, 0) is 11.3 Å². The molecule has 0 aliphatic carbocycles. The Bertz CT molecular complexity index is 528. The molecule has 1 aromatic heterocycles. The van der Waals surface area contributed by atoms with Gasteiger partial charge in [-0.2, -0.15) is 0 Å². The summed E-state index contributed by atoms with van der Waals surface area (Å²) in [7, 11) is 0. The molecule has 1 aromatic carbocycles. The van der Waals surface area contributed by atoms with Gasteiger partial charge in [0, 0.05) is 35.8 Å². The number of aldehydes is 1. The fraction of sp³-hybridized carbons (Fsp3) is 0.400. The lowest BCUT2D eigenvalue weighted by Gasteiger charge is -2.08. The average molecular weight is 245 g/mol. The molecule has 0 bridgehead atoms. The van der Waals surface area contributed by atoms with E-state index >= 15 is 0 Å². The first-order chi connectivity index (χ1) is 8.72. The van der Waals surface area contributed by atoms with Gasteiger partial charge in [0.1, 0.15) is 0 Å². The molecular weight excluding hydrogens is 226 g/mol. The van der Waals surface area contributed by atoms with Crippen LogP contribution in [0.5, 0.6) is 0 Å². The molecule has 0 saturated heterocycles. The molecule has 0 amide bonds. The molecule has 0 atom stereocenters. The quantitative estimate of drug-likeness (QED) is 0.578. The van der Waals surface area contributed by atoms with Crippen molar-refractivity contribution in [2.45, 2.75) is 20.4 Å². The van der Waals surface area contributed by atoms with Crippen LogP contribution in [-0.4, -0.2) is 24.1 Å². The van der Waals surface area contributed by atoms with Crippen molar-refractivity contribution in [2.75, 3.05) is 13.2 Å². The van der Waals surface area contributed by atoms with Gasteiger partial charge in [0.2, 0.25) is 0 Å². The number of rotatable bonds is 6. The first-order valence-electron chi connectivity index (χ1n) is 6.33. The molecule has 0 N–H and O–H groups in total. The average Bonchev–Trinajstić information content (AvgIpc) is 2.77. The zero-order chi connectivity index (χ0) is 13.0. The van der Waals surface area contributed by atoms with Crippen LogP contribution in [0.1, 0.15) is 24.2 Å². The third kappa shape index (κ3) is 2.79. The van der Waals surface area contributed by atoms with E-state index in [2.05, 4.69) is 18.4 Å². The van der Waals surface area contributed by atoms with Crippen molar-refractivity contribution in [3.63, 3.8) is 0 Å². The van der Waals surface area contributed by atoms with Gasteiger partial charge in [0.25, 0.3) is 0 Å². The fourth-order valence-electron chi connectivity index (χ4n) is 2.03. The van der Waals surface area contributed by atoms with Gasteiger partial charge in [-0.3, -0.25) is 4.79 Å². The lowest BCUT2D eigenvalue weighted by molar-refractivity contribution is 0.104. The van der Waals surface area contributed by atoms with E-state index < -0.39 is 0 Å². The van der Waals surface area contributed by atoms with Gasteiger partial charge in [-0.25, -0.2) is 0 Å². The first kappa shape index (κ1) is 12.8. The number of aromatic nitrogens is 1. The maximum atomic E-state index is 10.9. The number of hydrogen-bond donors (Lipinski definition) is 0. The van der Waals surface area contributed by atoms with Gasteiger partial charge in [0.05, 0.1) is 6.61 Å². The van der Waals surface area contributed by atoms with Crippen molar-refractivity contribution >= 4 is 17.2 Å². The van der Waals surface area contributed by atoms with Crippen molar-refractivity contribution in [3.05, 3.63) is 36.0 Å². The summed E-state index contributed by atoms with van der Waals surface area (Å²) in [6, 6.07) is 7.78. The predicted octanol–water partition coefficient (Wildman–Crippen LogP) is 3.13. The van der Waals surface area contributed by atoms with Crippen LogP contribution in [0.2, 0.25) is 0 Å². The maximum absolute atomic E-state index is 10.9. The molecule has 3 heteroatoms. The molecule has 0 radical (unpaired) electrons. The van der Waals surface area contributed by atoms with E-state index in [0.717, 1.165) is 35.9 Å². The zero-order valence-electron chi connectivity index (χ0n) is 10.9. The Hall–Kier alpha value is -1.61. The monoisotopic (exact) mass is 245 g/mol. The van der Waals surface area contributed by atoms with E-state index in [0.29, 0.717) is 12.5 Å². The SMILES string of the molecule is CC(C)COCCn1ccc2c(C=O)cccc21. The summed E-state index contributed by atoms with van der Waals surface area (Å²) in [6.07, 6.45) is 2.92. The van der Waals surface area contributed by atoms with Gasteiger partial charge < -0.3 is 9.30 Å². The Balaban J connectivity index is 2.08. The summed E-state index contributed by atoms with van der Waals surface area (Å²) in [5.41, 5.74) is 1.84. The third-order valence-corrected chi connectivity index (χ3v) is 2.90. The van der Waals surface area contributed by atoms with Gasteiger partial charge in [-0.05, 0) is 18.1 Å². The summed E-state index contributed by atoms with van der Waals surface area (Å²) in [5.74, 6) is 0.563. The molecule has 0 saturated carbocycles. The lowest BCUT2D eigenvalue weighted by atomic mass is 10.1. The Morgan fingerprint density at radius 2 is 2.17 bits per heavy atom. The minimum atomic E-state index is 0.563. The number of hydrogen-bond acceptors (Lipinski definition) is 2. The number of carbonyl (C=O) groups excluding carboxylic acids is 1. The second-order valence-corrected chi connectivity index (χ2v) is 4.88. The van der Waals surface area contributed by atoms with Crippen molar-refractivity contribution in [1.29, 1.82) is 0 Å². The summed E-state index contributed by atoms with van der Waals surface area (Å²) in [6.45, 7) is 6.59. The summed E-state index contributed by atoms with van der Waals surface area (Å²) < 4.78 is 7.71. The molecular formula is C15H19NO2. The molecule has 0 fully saturated rings. The molecule has 2 rings (SSSR count). The van der Waals surface area contributed by atoms with Crippen molar-refractivity contribution in [2.24, 2.45) is 5.92 Å². The molecule has 18 heavy (non-hydrogen) atoms. The first-order valence-corrected chi connectivity index (χ1v) is 6.33. The maximum Gasteiger partial charge on any atom is 0.150 e. The Morgan fingerprint density at radius 3 is 2.89 bits per heavy atom. The van der Waals surface area contributed by atoms with E-state index in [-0.39, 0.29) is 0 Å². The highest BCUT2D eigenvalue weighted by molar-refractivity contribution is 5.97. The summed E-state index contributed by atoms with van der Waals surface area (Å²) in [4.78, 5) is 10.9. The topological polar surface area (TPSA) is 31.2 Å². The molecule has 0 spiro atoms. The van der Waals surface area contributed by atoms with Crippen molar-refractivity contribution < 1.29 is 9.53 Å². The Labute approximate surface area is 107 Å². The highest BCUT2D eigenvalue weighted by atomic mass is 16.5. The Morgan fingerprint density at radius 1 is 1.33 bits per heavy atom. The van der Waals surface area contributed by atoms with Gasteiger partial charge in [0.15, 0.2) is 6.29 Å². The number of benzene rings is 1. The highest BCUT2D eigenvalue weighted by Gasteiger charge is 2.04. The second-order valence-electron chi connectivity index (χ2n) is 4.88. The summed E-state index contributed by atoms with van der Waals surface area (Å²) >= 11 is 0. The van der Waals surface area contributed by atoms with Gasteiger partial charge >= 0.3 is 0 Å². The van der Waals surface area contributed by atoms with E-state index in [1.807, 2.05) is 30.5 Å². The molecule has 96 valence electrons. The zero-order valence-corrected chi connectivity index (χ0v) is 10.9. The van der Waals surface area contributed by atoms with E-state index in [4.69, 9.17) is 4.74 Å². The molecule has 0 aliphatic heterocycles. The molecule has 0 aliphatic rings. The summed E-state index contributed by atoms with van der Waals surface area (Å²) in [5, 5.41) is 1.01. The predicted molar refractivity (Wildman–Crippen MR) is 73.0 cm³/mol. The minimum Gasteiger partial charge on any atom is -0.379 e. The highest BCUT2D eigenvalue weighted by Crippen LogP contribution is 2.18. The van der Waals surface area contributed by atoms with E-state index in [1.54, 1.807) is 0 Å². The van der Waals surface area contributed by atoms with Crippen molar-refractivity contribution in [1.82, 2.24) is 4.57 Å². The molecule has 0 unspecified atom stereocenters. The van der Waals surface area contributed by atoms with Crippen LogP contribution in [0.4, 0.5) is 0 Å². The number of nitrogens with zero attached hydrogens (tertiary/aromatic N) is 1. The number of ether oxygens (including phenoxy) is 1. The van der Waals surface area contributed by atoms with Crippen molar-refractivity contribution in [3.8, 4) is 0 Å². The van der Waals surface area contributed by atoms with Crippen LogP contribution in [0.25, 0.3) is 10.9 Å². The van der Waals surface area contributed by atoms with Crippen LogP contribution < -0.4 is 0 Å². The Kier molecular flexibility index (Phi) is 4.15. The second kappa shape index (κ2) is 5.83. The smallest absolute Gasteiger partial charge is 0.150 e. The van der Waals surface area contributed by atoms with Crippen LogP contribution in [0.15, 0.2) is 30.5 Å². The standard InChI is InChI=1S/C15H19NO2/c1-12(2)11-18-9-8-16-7-6-14-13(10-17)4-3-5-15(14)16/h3-7,10,12H,8-9,11H2,1-2H3. The van der Waals surface area contributed by atoms with Gasteiger partial charge in [-0.1, -0.05) is 26.0 Å². The molecule has 1 heterocycles. The van der Waals surface area contributed by atoms with Gasteiger partial charge in [-0.15, -0.1) is 0 Å². The lowest BCUT2D eigenvalue weighted by Crippen LogP contribution is -2.08. The van der Waals surface area contributed by atoms with Crippen LogP contribution in [0, 0.1) is 5.92 Å². The minimum absolute atomic E-state index is 0.563. The molecule has 3 nitrogen and oxygen atoms in total. The van der Waals surface area contributed by atoms with E-state index in [9.17, 15) is 4.79 Å². The third-order valence-electron chi connectivity index (χ3n) is 2.90. The van der Waals surface area contributed by atoms with Crippen LogP contribution in [0.3, 0.4) is 0 Å². The van der Waals surface area contributed by atoms with E-state index in [1.165, 1.54) is 0 Å². The molecule has 2 aromatic rings. The number of fused-ring (bicyclic) bond motifs is 1. The van der Waals surface area contributed by atoms with Crippen LogP contribution >= 0.6 is 0 Å².